The molecule has 0 aromatic carbocycles. The number of ether oxygens (including phenoxy) is 1. The molecule has 0 radical (unpaired) electrons. The van der Waals surface area contributed by atoms with E-state index in [-0.39, 0.29) is 0 Å². The fourth-order valence-electron chi connectivity index (χ4n) is 2.72. The van der Waals surface area contributed by atoms with E-state index in [1.807, 2.05) is 0 Å². The first-order valence-electron chi connectivity index (χ1n) is 6.33. The Morgan fingerprint density at radius 1 is 1.40 bits per heavy atom. The second kappa shape index (κ2) is 5.28. The lowest BCUT2D eigenvalue weighted by Crippen LogP contribution is -2.47. The number of hydrogen-bond donors (Lipinski definition) is 1. The van der Waals surface area contributed by atoms with Crippen LogP contribution >= 0.6 is 0 Å². The molecule has 3 atom stereocenters. The smallest absolute Gasteiger partial charge is 0.0622 e. The predicted molar refractivity (Wildman–Crippen MR) is 62.0 cm³/mol. The molecule has 15 heavy (non-hydrogen) atoms. The molecule has 0 aromatic heterocycles. The Bertz CT molecular complexity index is 198. The van der Waals surface area contributed by atoms with E-state index in [9.17, 15) is 0 Å². The van der Waals surface area contributed by atoms with Crippen LogP contribution in [0.1, 0.15) is 20.3 Å². The molecular formula is C12H24N2O. The molecular weight excluding hydrogens is 188 g/mol. The van der Waals surface area contributed by atoms with E-state index in [1.165, 1.54) is 26.1 Å². The molecule has 3 nitrogen and oxygen atoms in total. The molecule has 3 heteroatoms. The van der Waals surface area contributed by atoms with Crippen LogP contribution < -0.4 is 5.32 Å². The summed E-state index contributed by atoms with van der Waals surface area (Å²) in [4.78, 5) is 2.64. The molecule has 2 aliphatic rings. The minimum absolute atomic E-state index is 0.659. The first-order valence-corrected chi connectivity index (χ1v) is 6.33. The molecule has 2 rings (SSSR count). The molecule has 0 bridgehead atoms. The highest BCUT2D eigenvalue weighted by Gasteiger charge is 2.29. The Hall–Kier alpha value is -0.120. The summed E-state index contributed by atoms with van der Waals surface area (Å²) in [6, 6.07) is 0.659. The molecule has 0 saturated carbocycles. The molecule has 2 aliphatic heterocycles. The van der Waals surface area contributed by atoms with E-state index < -0.39 is 0 Å². The van der Waals surface area contributed by atoms with Gasteiger partial charge >= 0.3 is 0 Å². The van der Waals surface area contributed by atoms with Crippen LogP contribution in [-0.2, 0) is 4.74 Å². The van der Waals surface area contributed by atoms with Gasteiger partial charge in [0, 0.05) is 19.1 Å². The maximum absolute atomic E-state index is 5.54. The van der Waals surface area contributed by atoms with Crippen molar-refractivity contribution in [2.75, 3.05) is 39.4 Å². The van der Waals surface area contributed by atoms with Crippen molar-refractivity contribution in [1.82, 2.24) is 10.2 Å². The Morgan fingerprint density at radius 3 is 2.93 bits per heavy atom. The normalized spacial score (nSPS) is 38.4. The summed E-state index contributed by atoms with van der Waals surface area (Å²) in [6.07, 6.45) is 1.22. The standard InChI is InChI=1S/C12H24N2O/c1-3-12-9-15-5-4-14(12)8-11-7-13-6-10(11)2/h10-13H,3-9H2,1-2H3. The monoisotopic (exact) mass is 212 g/mol. The van der Waals surface area contributed by atoms with Gasteiger partial charge in [-0.2, -0.15) is 0 Å². The highest BCUT2D eigenvalue weighted by molar-refractivity contribution is 4.83. The van der Waals surface area contributed by atoms with Gasteiger partial charge in [0.05, 0.1) is 13.2 Å². The van der Waals surface area contributed by atoms with Gasteiger partial charge in [-0.3, -0.25) is 4.90 Å². The molecule has 2 heterocycles. The van der Waals surface area contributed by atoms with Crippen molar-refractivity contribution in [3.8, 4) is 0 Å². The predicted octanol–water partition coefficient (Wildman–Crippen LogP) is 0.953. The molecule has 0 amide bonds. The van der Waals surface area contributed by atoms with Crippen LogP contribution in [0.25, 0.3) is 0 Å². The summed E-state index contributed by atoms with van der Waals surface area (Å²) in [5, 5.41) is 3.49. The highest BCUT2D eigenvalue weighted by atomic mass is 16.5. The minimum atomic E-state index is 0.659. The molecule has 2 saturated heterocycles. The Balaban J connectivity index is 1.85. The van der Waals surface area contributed by atoms with Crippen molar-refractivity contribution in [2.45, 2.75) is 26.3 Å². The van der Waals surface area contributed by atoms with Crippen LogP contribution in [0.4, 0.5) is 0 Å². The summed E-state index contributed by atoms with van der Waals surface area (Å²) in [5.74, 6) is 1.68. The largest absolute Gasteiger partial charge is 0.378 e. The second-order valence-corrected chi connectivity index (χ2v) is 5.03. The van der Waals surface area contributed by atoms with Crippen LogP contribution in [0.15, 0.2) is 0 Å². The van der Waals surface area contributed by atoms with Crippen molar-refractivity contribution in [3.05, 3.63) is 0 Å². The first-order chi connectivity index (χ1) is 7.31. The zero-order chi connectivity index (χ0) is 10.7. The van der Waals surface area contributed by atoms with Crippen molar-refractivity contribution in [1.29, 1.82) is 0 Å². The molecule has 0 aliphatic carbocycles. The fourth-order valence-corrected chi connectivity index (χ4v) is 2.72. The van der Waals surface area contributed by atoms with E-state index >= 15 is 0 Å². The van der Waals surface area contributed by atoms with Gasteiger partial charge < -0.3 is 10.1 Å². The number of nitrogens with zero attached hydrogens (tertiary/aromatic N) is 1. The topological polar surface area (TPSA) is 24.5 Å². The minimum Gasteiger partial charge on any atom is -0.378 e. The van der Waals surface area contributed by atoms with E-state index in [2.05, 4.69) is 24.1 Å². The van der Waals surface area contributed by atoms with Crippen LogP contribution in [0.2, 0.25) is 0 Å². The quantitative estimate of drug-likeness (QED) is 0.754. The fraction of sp³-hybridized carbons (Fsp3) is 1.00. The average molecular weight is 212 g/mol. The van der Waals surface area contributed by atoms with E-state index in [4.69, 9.17) is 4.74 Å². The number of nitrogens with one attached hydrogen (secondary N) is 1. The van der Waals surface area contributed by atoms with E-state index in [0.29, 0.717) is 6.04 Å². The zero-order valence-electron chi connectivity index (χ0n) is 10.0. The molecule has 0 spiro atoms. The Labute approximate surface area is 93.2 Å². The van der Waals surface area contributed by atoms with Gasteiger partial charge in [-0.25, -0.2) is 0 Å². The third-order valence-corrected chi connectivity index (χ3v) is 3.97. The summed E-state index contributed by atoms with van der Waals surface area (Å²) in [6.45, 7) is 11.3. The third-order valence-electron chi connectivity index (χ3n) is 3.97. The number of hydrogen-bond acceptors (Lipinski definition) is 3. The third kappa shape index (κ3) is 2.71. The van der Waals surface area contributed by atoms with Gasteiger partial charge in [0.15, 0.2) is 0 Å². The summed E-state index contributed by atoms with van der Waals surface area (Å²) in [5.41, 5.74) is 0. The van der Waals surface area contributed by atoms with Gasteiger partial charge in [-0.1, -0.05) is 13.8 Å². The summed E-state index contributed by atoms with van der Waals surface area (Å²) in [7, 11) is 0. The summed E-state index contributed by atoms with van der Waals surface area (Å²) >= 11 is 0. The van der Waals surface area contributed by atoms with Gasteiger partial charge in [-0.05, 0) is 31.3 Å². The van der Waals surface area contributed by atoms with Gasteiger partial charge in [0.25, 0.3) is 0 Å². The van der Waals surface area contributed by atoms with Crippen molar-refractivity contribution in [2.24, 2.45) is 11.8 Å². The van der Waals surface area contributed by atoms with Crippen molar-refractivity contribution in [3.63, 3.8) is 0 Å². The number of rotatable bonds is 3. The lowest BCUT2D eigenvalue weighted by molar-refractivity contribution is -0.0163. The lowest BCUT2D eigenvalue weighted by Gasteiger charge is -2.37. The van der Waals surface area contributed by atoms with Crippen molar-refractivity contribution < 1.29 is 4.74 Å². The molecule has 2 fully saturated rings. The van der Waals surface area contributed by atoms with Gasteiger partial charge in [0.2, 0.25) is 0 Å². The first kappa shape index (κ1) is 11.4. The molecule has 3 unspecified atom stereocenters. The van der Waals surface area contributed by atoms with E-state index in [1.54, 1.807) is 0 Å². The maximum atomic E-state index is 5.54. The zero-order valence-corrected chi connectivity index (χ0v) is 10.0. The van der Waals surface area contributed by atoms with Crippen LogP contribution in [-0.4, -0.2) is 50.3 Å². The lowest BCUT2D eigenvalue weighted by atomic mass is 9.96. The van der Waals surface area contributed by atoms with Crippen molar-refractivity contribution >= 4 is 0 Å². The Kier molecular flexibility index (Phi) is 4.00. The highest BCUT2D eigenvalue weighted by Crippen LogP contribution is 2.20. The SMILES string of the molecule is CCC1COCCN1CC1CNCC1C. The van der Waals surface area contributed by atoms with Crippen LogP contribution in [0.5, 0.6) is 0 Å². The Morgan fingerprint density at radius 2 is 2.27 bits per heavy atom. The second-order valence-electron chi connectivity index (χ2n) is 5.03. The molecule has 88 valence electrons. The summed E-state index contributed by atoms with van der Waals surface area (Å²) < 4.78 is 5.54. The maximum Gasteiger partial charge on any atom is 0.0622 e. The van der Waals surface area contributed by atoms with Crippen LogP contribution in [0.3, 0.4) is 0 Å². The van der Waals surface area contributed by atoms with Crippen LogP contribution in [0, 0.1) is 11.8 Å². The van der Waals surface area contributed by atoms with Gasteiger partial charge in [0.1, 0.15) is 0 Å². The molecule has 0 aromatic rings. The average Bonchev–Trinajstić information content (AvgIpc) is 2.65. The molecule has 1 N–H and O–H groups in total. The van der Waals surface area contributed by atoms with E-state index in [0.717, 1.165) is 31.6 Å². The van der Waals surface area contributed by atoms with Gasteiger partial charge in [-0.15, -0.1) is 0 Å². The number of morpholine rings is 1.